The van der Waals surface area contributed by atoms with E-state index in [9.17, 15) is 4.79 Å². The van der Waals surface area contributed by atoms with Crippen LogP contribution >= 0.6 is 11.6 Å². The van der Waals surface area contributed by atoms with Crippen LogP contribution in [0.25, 0.3) is 11.3 Å². The highest BCUT2D eigenvalue weighted by Crippen LogP contribution is 2.26. The fraction of sp³-hybridized carbons (Fsp3) is 0.250. The van der Waals surface area contributed by atoms with Gasteiger partial charge in [0, 0.05) is 44.0 Å². The van der Waals surface area contributed by atoms with Crippen molar-refractivity contribution in [3.05, 3.63) is 47.3 Å². The average molecular weight is 336 g/mol. The first-order valence-corrected chi connectivity index (χ1v) is 7.23. The molecule has 0 saturated heterocycles. The molecule has 0 spiro atoms. The van der Waals surface area contributed by atoms with Crippen molar-refractivity contribution in [3.8, 4) is 11.3 Å². The van der Waals surface area contributed by atoms with E-state index in [1.807, 2.05) is 26.2 Å². The lowest BCUT2D eigenvalue weighted by molar-refractivity contribution is -0.136. The summed E-state index contributed by atoms with van der Waals surface area (Å²) >= 11 is 5.88. The molecule has 2 rings (SSSR count). The molecule has 1 heterocycles. The number of halogens is 1. The van der Waals surface area contributed by atoms with Crippen LogP contribution in [0, 0.1) is 0 Å². The largest absolute Gasteiger partial charge is 0.464 e. The third-order valence-electron chi connectivity index (χ3n) is 3.11. The number of nitrogens with zero attached hydrogens (tertiary/aromatic N) is 3. The smallest absolute Gasteiger partial charge is 0.356 e. The van der Waals surface area contributed by atoms with E-state index < -0.39 is 5.97 Å². The van der Waals surface area contributed by atoms with E-state index in [1.165, 1.54) is 7.11 Å². The van der Waals surface area contributed by atoms with Crippen molar-refractivity contribution in [2.24, 2.45) is 0 Å². The molecule has 0 fully saturated rings. The van der Waals surface area contributed by atoms with Crippen LogP contribution in [0.5, 0.6) is 0 Å². The Morgan fingerprint density at radius 1 is 1.26 bits per heavy atom. The average Bonchev–Trinajstić information content (AvgIpc) is 3.01. The third kappa shape index (κ3) is 4.04. The van der Waals surface area contributed by atoms with Gasteiger partial charge >= 0.3 is 5.97 Å². The maximum Gasteiger partial charge on any atom is 0.356 e. The number of methoxy groups -OCH3 is 1. The summed E-state index contributed by atoms with van der Waals surface area (Å²) < 4.78 is 10.2. The second-order valence-electron chi connectivity index (χ2n) is 5.08. The van der Waals surface area contributed by atoms with Gasteiger partial charge in [0.15, 0.2) is 11.6 Å². The van der Waals surface area contributed by atoms with Crippen LogP contribution in [-0.2, 0) is 9.53 Å². The first-order chi connectivity index (χ1) is 10.9. The van der Waals surface area contributed by atoms with E-state index in [-0.39, 0.29) is 0 Å². The van der Waals surface area contributed by atoms with Crippen molar-refractivity contribution in [2.45, 2.75) is 0 Å². The van der Waals surface area contributed by atoms with Gasteiger partial charge in [0.05, 0.1) is 7.11 Å². The molecule has 1 aromatic heterocycles. The molecule has 0 amide bonds. The van der Waals surface area contributed by atoms with Gasteiger partial charge in [-0.05, 0) is 24.3 Å². The molecule has 0 N–H and O–H groups in total. The Hall–Kier alpha value is -2.47. The number of esters is 1. The molecular formula is C16H18ClN3O3. The molecule has 0 atom stereocenters. The van der Waals surface area contributed by atoms with Gasteiger partial charge in [0.25, 0.3) is 0 Å². The van der Waals surface area contributed by atoms with Gasteiger partial charge in [-0.15, -0.1) is 0 Å². The predicted octanol–water partition coefficient (Wildman–Crippen LogP) is 3.01. The van der Waals surface area contributed by atoms with Crippen molar-refractivity contribution in [1.29, 1.82) is 0 Å². The van der Waals surface area contributed by atoms with E-state index in [0.717, 1.165) is 5.56 Å². The number of ether oxygens (including phenoxy) is 1. The molecule has 0 aliphatic rings. The quantitative estimate of drug-likeness (QED) is 0.618. The molecule has 2 aromatic rings. The summed E-state index contributed by atoms with van der Waals surface area (Å²) in [5.74, 6) is 0.614. The molecule has 0 unspecified atom stereocenters. The molecule has 0 radical (unpaired) electrons. The Morgan fingerprint density at radius 3 is 2.48 bits per heavy atom. The number of carbonyl (C=O) groups excluding carboxylic acids is 1. The normalized spacial score (nSPS) is 11.3. The SMILES string of the molecule is COC(=O)/C(=C\N(C)C)N(C)c1cc(-c2ccc(Cl)cc2)on1. The van der Waals surface area contributed by atoms with Crippen LogP contribution in [0.15, 0.2) is 46.8 Å². The molecular weight excluding hydrogens is 318 g/mol. The lowest BCUT2D eigenvalue weighted by Crippen LogP contribution is -2.26. The van der Waals surface area contributed by atoms with Gasteiger partial charge in [-0.1, -0.05) is 16.8 Å². The number of hydrogen-bond acceptors (Lipinski definition) is 6. The Bertz CT molecular complexity index is 708. The number of anilines is 1. The van der Waals surface area contributed by atoms with Gasteiger partial charge in [0.1, 0.15) is 5.70 Å². The van der Waals surface area contributed by atoms with Crippen LogP contribution < -0.4 is 4.90 Å². The minimum absolute atomic E-state index is 0.341. The second-order valence-corrected chi connectivity index (χ2v) is 5.52. The summed E-state index contributed by atoms with van der Waals surface area (Å²) in [6.45, 7) is 0. The molecule has 0 bridgehead atoms. The van der Waals surface area contributed by atoms with Gasteiger partial charge in [-0.25, -0.2) is 4.79 Å². The van der Waals surface area contributed by atoms with Crippen molar-refractivity contribution < 1.29 is 14.1 Å². The summed E-state index contributed by atoms with van der Waals surface area (Å²) in [6.07, 6.45) is 1.66. The van der Waals surface area contributed by atoms with Gasteiger partial charge in [0.2, 0.25) is 0 Å². The summed E-state index contributed by atoms with van der Waals surface area (Å²) in [5.41, 5.74) is 1.19. The molecule has 7 heteroatoms. The highest BCUT2D eigenvalue weighted by molar-refractivity contribution is 6.30. The van der Waals surface area contributed by atoms with Crippen molar-refractivity contribution in [2.75, 3.05) is 33.2 Å². The van der Waals surface area contributed by atoms with Crippen molar-refractivity contribution in [1.82, 2.24) is 10.1 Å². The van der Waals surface area contributed by atoms with Crippen LogP contribution in [-0.4, -0.2) is 44.3 Å². The number of carbonyl (C=O) groups is 1. The van der Waals surface area contributed by atoms with Gasteiger partial charge < -0.3 is 19.1 Å². The summed E-state index contributed by atoms with van der Waals surface area (Å²) in [5, 5.41) is 4.66. The third-order valence-corrected chi connectivity index (χ3v) is 3.36. The summed E-state index contributed by atoms with van der Waals surface area (Å²) in [7, 11) is 6.69. The molecule has 0 saturated carbocycles. The fourth-order valence-electron chi connectivity index (χ4n) is 1.92. The predicted molar refractivity (Wildman–Crippen MR) is 89.1 cm³/mol. The van der Waals surface area contributed by atoms with E-state index in [4.69, 9.17) is 20.9 Å². The molecule has 0 aliphatic heterocycles. The molecule has 6 nitrogen and oxygen atoms in total. The summed E-state index contributed by atoms with van der Waals surface area (Å²) in [4.78, 5) is 15.3. The number of aromatic nitrogens is 1. The maximum absolute atomic E-state index is 11.9. The zero-order valence-electron chi connectivity index (χ0n) is 13.4. The minimum Gasteiger partial charge on any atom is -0.464 e. The fourth-order valence-corrected chi connectivity index (χ4v) is 2.05. The summed E-state index contributed by atoms with van der Waals surface area (Å²) in [6, 6.07) is 8.96. The van der Waals surface area contributed by atoms with E-state index in [1.54, 1.807) is 41.2 Å². The van der Waals surface area contributed by atoms with E-state index in [2.05, 4.69) is 5.16 Å². The van der Waals surface area contributed by atoms with Crippen LogP contribution in [0.4, 0.5) is 5.82 Å². The van der Waals surface area contributed by atoms with Gasteiger partial charge in [-0.2, -0.15) is 0 Å². The standard InChI is InChI=1S/C16H18ClN3O3/c1-19(2)10-13(16(21)22-4)20(3)15-9-14(23-18-15)11-5-7-12(17)8-6-11/h5-10H,1-4H3/b13-10+. The Balaban J connectivity index is 2.30. The molecule has 1 aromatic carbocycles. The van der Waals surface area contributed by atoms with Gasteiger partial charge in [-0.3, -0.25) is 0 Å². The number of hydrogen-bond donors (Lipinski definition) is 0. The number of benzene rings is 1. The number of likely N-dealkylation sites (N-methyl/N-ethyl adjacent to an activating group) is 1. The molecule has 122 valence electrons. The highest BCUT2D eigenvalue weighted by Gasteiger charge is 2.20. The first kappa shape index (κ1) is 16.9. The number of rotatable bonds is 5. The highest BCUT2D eigenvalue weighted by atomic mass is 35.5. The van der Waals surface area contributed by atoms with Crippen LogP contribution in [0.2, 0.25) is 5.02 Å². The Kier molecular flexibility index (Phi) is 5.28. The van der Waals surface area contributed by atoms with Crippen molar-refractivity contribution >= 4 is 23.4 Å². The van der Waals surface area contributed by atoms with Crippen LogP contribution in [0.3, 0.4) is 0 Å². The topological polar surface area (TPSA) is 58.8 Å². The lowest BCUT2D eigenvalue weighted by Gasteiger charge is -2.19. The van der Waals surface area contributed by atoms with Crippen molar-refractivity contribution in [3.63, 3.8) is 0 Å². The maximum atomic E-state index is 11.9. The first-order valence-electron chi connectivity index (χ1n) is 6.85. The monoisotopic (exact) mass is 335 g/mol. The Morgan fingerprint density at radius 2 is 1.91 bits per heavy atom. The van der Waals surface area contributed by atoms with E-state index in [0.29, 0.717) is 22.3 Å². The van der Waals surface area contributed by atoms with E-state index >= 15 is 0 Å². The minimum atomic E-state index is -0.461. The second kappa shape index (κ2) is 7.19. The lowest BCUT2D eigenvalue weighted by atomic mass is 10.2. The molecule has 0 aliphatic carbocycles. The van der Waals surface area contributed by atoms with Crippen LogP contribution in [0.1, 0.15) is 0 Å². The zero-order valence-corrected chi connectivity index (χ0v) is 14.2. The zero-order chi connectivity index (χ0) is 17.0. The Labute approximate surface area is 139 Å². The molecule has 23 heavy (non-hydrogen) atoms.